The molecule has 5 nitrogen and oxygen atoms in total. The van der Waals surface area contributed by atoms with Gasteiger partial charge in [-0.3, -0.25) is 4.79 Å². The molecule has 0 bridgehead atoms. The summed E-state index contributed by atoms with van der Waals surface area (Å²) in [6, 6.07) is 5.83. The van der Waals surface area contributed by atoms with Gasteiger partial charge in [0.2, 0.25) is 5.91 Å². The minimum atomic E-state index is -0.0891. The zero-order chi connectivity index (χ0) is 14.5. The van der Waals surface area contributed by atoms with Gasteiger partial charge < -0.3 is 11.1 Å². The molecule has 0 saturated heterocycles. The Hall–Kier alpha value is -2.08. The van der Waals surface area contributed by atoms with E-state index in [1.54, 1.807) is 6.20 Å². The summed E-state index contributed by atoms with van der Waals surface area (Å²) >= 11 is 1.27. The quantitative estimate of drug-likeness (QED) is 0.844. The molecule has 2 aromatic rings. The zero-order valence-electron chi connectivity index (χ0n) is 11.4. The largest absolute Gasteiger partial charge is 0.381 e. The molecule has 0 unspecified atom stereocenters. The lowest BCUT2D eigenvalue weighted by atomic mass is 10.1. The highest BCUT2D eigenvalue weighted by atomic mass is 32.2. The van der Waals surface area contributed by atoms with Gasteiger partial charge in [-0.25, -0.2) is 9.97 Å². The van der Waals surface area contributed by atoms with E-state index in [9.17, 15) is 4.79 Å². The van der Waals surface area contributed by atoms with Crippen molar-refractivity contribution in [3.8, 4) is 0 Å². The smallest absolute Gasteiger partial charge is 0.234 e. The molecular weight excluding hydrogens is 272 g/mol. The maximum atomic E-state index is 11.9. The van der Waals surface area contributed by atoms with Gasteiger partial charge in [0.05, 0.1) is 5.75 Å². The van der Waals surface area contributed by atoms with Crippen LogP contribution in [0.15, 0.2) is 35.6 Å². The van der Waals surface area contributed by atoms with Gasteiger partial charge in [0.25, 0.3) is 0 Å². The van der Waals surface area contributed by atoms with Crippen LogP contribution in [0.5, 0.6) is 0 Å². The van der Waals surface area contributed by atoms with Crippen molar-refractivity contribution >= 4 is 29.2 Å². The van der Waals surface area contributed by atoms with Crippen LogP contribution in [-0.2, 0) is 4.79 Å². The number of amides is 1. The van der Waals surface area contributed by atoms with E-state index in [2.05, 4.69) is 15.3 Å². The first kappa shape index (κ1) is 14.3. The molecule has 0 atom stereocenters. The Labute approximate surface area is 122 Å². The SMILES string of the molecule is Cc1cccc(NC(=O)CSc2nccnc2N)c1C. The van der Waals surface area contributed by atoms with Crippen molar-refractivity contribution in [2.24, 2.45) is 0 Å². The number of nitrogens with zero attached hydrogens (tertiary/aromatic N) is 2. The zero-order valence-corrected chi connectivity index (χ0v) is 12.2. The number of carbonyl (C=O) groups is 1. The van der Waals surface area contributed by atoms with Gasteiger partial charge >= 0.3 is 0 Å². The fourth-order valence-corrected chi connectivity index (χ4v) is 2.33. The first-order chi connectivity index (χ1) is 9.58. The Balaban J connectivity index is 1.96. The van der Waals surface area contributed by atoms with E-state index >= 15 is 0 Å². The van der Waals surface area contributed by atoms with E-state index in [-0.39, 0.29) is 11.7 Å². The molecule has 3 N–H and O–H groups in total. The molecular formula is C14H16N4OS. The lowest BCUT2D eigenvalue weighted by molar-refractivity contribution is -0.113. The summed E-state index contributed by atoms with van der Waals surface area (Å²) in [6.45, 7) is 4.00. The fraction of sp³-hybridized carbons (Fsp3) is 0.214. The highest BCUT2D eigenvalue weighted by Crippen LogP contribution is 2.21. The topological polar surface area (TPSA) is 80.9 Å². The third-order valence-corrected chi connectivity index (χ3v) is 3.90. The summed E-state index contributed by atoms with van der Waals surface area (Å²) in [5, 5.41) is 3.46. The Bertz CT molecular complexity index is 630. The monoisotopic (exact) mass is 288 g/mol. The predicted molar refractivity (Wildman–Crippen MR) is 81.7 cm³/mol. The number of carbonyl (C=O) groups excluding carboxylic acids is 1. The van der Waals surface area contributed by atoms with Crippen LogP contribution in [0.2, 0.25) is 0 Å². The van der Waals surface area contributed by atoms with Crippen molar-refractivity contribution in [2.45, 2.75) is 18.9 Å². The first-order valence-electron chi connectivity index (χ1n) is 6.13. The van der Waals surface area contributed by atoms with Crippen molar-refractivity contribution in [1.82, 2.24) is 9.97 Å². The number of nitrogens with two attached hydrogens (primary N) is 1. The van der Waals surface area contributed by atoms with Crippen LogP contribution >= 0.6 is 11.8 Å². The summed E-state index contributed by atoms with van der Waals surface area (Å²) in [6.07, 6.45) is 3.08. The van der Waals surface area contributed by atoms with Crippen LogP contribution < -0.4 is 11.1 Å². The second-order valence-corrected chi connectivity index (χ2v) is 5.30. The second kappa shape index (κ2) is 6.38. The maximum Gasteiger partial charge on any atom is 0.234 e. The minimum Gasteiger partial charge on any atom is -0.381 e. The molecule has 6 heteroatoms. The van der Waals surface area contributed by atoms with Crippen LogP contribution in [0.4, 0.5) is 11.5 Å². The summed E-state index contributed by atoms with van der Waals surface area (Å²) in [5.41, 5.74) is 8.73. The second-order valence-electron chi connectivity index (χ2n) is 4.33. The normalized spacial score (nSPS) is 10.3. The average Bonchev–Trinajstić information content (AvgIpc) is 2.43. The third kappa shape index (κ3) is 3.48. The average molecular weight is 288 g/mol. The molecule has 0 radical (unpaired) electrons. The molecule has 1 heterocycles. The number of aromatic nitrogens is 2. The Morgan fingerprint density at radius 3 is 2.80 bits per heavy atom. The van der Waals surface area contributed by atoms with Gasteiger partial charge in [0.1, 0.15) is 5.03 Å². The van der Waals surface area contributed by atoms with Gasteiger partial charge in [0, 0.05) is 18.1 Å². The van der Waals surface area contributed by atoms with Crippen LogP contribution in [0.3, 0.4) is 0 Å². The molecule has 0 aliphatic rings. The highest BCUT2D eigenvalue weighted by molar-refractivity contribution is 8.00. The van der Waals surface area contributed by atoms with Crippen molar-refractivity contribution < 1.29 is 4.79 Å². The number of anilines is 2. The molecule has 0 spiro atoms. The molecule has 104 valence electrons. The Morgan fingerprint density at radius 2 is 2.05 bits per heavy atom. The number of hydrogen-bond donors (Lipinski definition) is 2. The molecule has 1 aromatic carbocycles. The Kier molecular flexibility index (Phi) is 4.57. The number of benzene rings is 1. The van der Waals surface area contributed by atoms with E-state index in [4.69, 9.17) is 5.73 Å². The van der Waals surface area contributed by atoms with Crippen molar-refractivity contribution in [3.63, 3.8) is 0 Å². The maximum absolute atomic E-state index is 11.9. The van der Waals surface area contributed by atoms with E-state index in [0.29, 0.717) is 10.8 Å². The lowest BCUT2D eigenvalue weighted by Gasteiger charge is -2.10. The lowest BCUT2D eigenvalue weighted by Crippen LogP contribution is -2.15. The van der Waals surface area contributed by atoms with Crippen LogP contribution in [-0.4, -0.2) is 21.6 Å². The molecule has 20 heavy (non-hydrogen) atoms. The van der Waals surface area contributed by atoms with Gasteiger partial charge in [0.15, 0.2) is 5.82 Å². The van der Waals surface area contributed by atoms with E-state index in [1.165, 1.54) is 18.0 Å². The van der Waals surface area contributed by atoms with Crippen LogP contribution in [0.25, 0.3) is 0 Å². The predicted octanol–water partition coefficient (Wildman–Crippen LogP) is 2.41. The summed E-state index contributed by atoms with van der Waals surface area (Å²) in [5.74, 6) is 0.502. The molecule has 0 fully saturated rings. The molecule has 1 amide bonds. The van der Waals surface area contributed by atoms with Crippen molar-refractivity contribution in [1.29, 1.82) is 0 Å². The molecule has 0 aliphatic carbocycles. The number of nitrogen functional groups attached to an aromatic ring is 1. The summed E-state index contributed by atoms with van der Waals surface area (Å²) in [7, 11) is 0. The standard InChI is InChI=1S/C14H16N4OS/c1-9-4-3-5-11(10(9)2)18-12(19)8-20-14-13(15)16-6-7-17-14/h3-7H,8H2,1-2H3,(H2,15,16)(H,18,19). The number of hydrogen-bond acceptors (Lipinski definition) is 5. The number of rotatable bonds is 4. The number of nitrogens with one attached hydrogen (secondary N) is 1. The molecule has 2 rings (SSSR count). The molecule has 0 aliphatic heterocycles. The van der Waals surface area contributed by atoms with E-state index in [1.807, 2.05) is 32.0 Å². The van der Waals surface area contributed by atoms with Gasteiger partial charge in [-0.15, -0.1) is 0 Å². The van der Waals surface area contributed by atoms with Gasteiger partial charge in [-0.1, -0.05) is 23.9 Å². The van der Waals surface area contributed by atoms with E-state index < -0.39 is 0 Å². The highest BCUT2D eigenvalue weighted by Gasteiger charge is 2.09. The van der Waals surface area contributed by atoms with E-state index in [0.717, 1.165) is 16.8 Å². The van der Waals surface area contributed by atoms with Crippen molar-refractivity contribution in [2.75, 3.05) is 16.8 Å². The first-order valence-corrected chi connectivity index (χ1v) is 7.12. The third-order valence-electron chi connectivity index (χ3n) is 2.91. The summed E-state index contributed by atoms with van der Waals surface area (Å²) in [4.78, 5) is 20.0. The number of thioether (sulfide) groups is 1. The fourth-order valence-electron chi connectivity index (χ4n) is 1.65. The van der Waals surface area contributed by atoms with Crippen LogP contribution in [0.1, 0.15) is 11.1 Å². The van der Waals surface area contributed by atoms with Gasteiger partial charge in [-0.2, -0.15) is 0 Å². The number of aryl methyl sites for hydroxylation is 1. The molecule has 0 saturated carbocycles. The van der Waals surface area contributed by atoms with Crippen molar-refractivity contribution in [3.05, 3.63) is 41.7 Å². The Morgan fingerprint density at radius 1 is 1.30 bits per heavy atom. The molecule has 1 aromatic heterocycles. The van der Waals surface area contributed by atoms with Crippen LogP contribution in [0, 0.1) is 13.8 Å². The van der Waals surface area contributed by atoms with Gasteiger partial charge in [-0.05, 0) is 31.0 Å². The summed E-state index contributed by atoms with van der Waals surface area (Å²) < 4.78 is 0. The minimum absolute atomic E-state index is 0.0891.